The Kier molecular flexibility index (Phi) is 3.57. The van der Waals surface area contributed by atoms with Crippen LogP contribution >= 0.6 is 0 Å². The van der Waals surface area contributed by atoms with Crippen molar-refractivity contribution >= 4 is 11.7 Å². The van der Waals surface area contributed by atoms with Crippen LogP contribution in [0.5, 0.6) is 0 Å². The van der Waals surface area contributed by atoms with Crippen LogP contribution in [0, 0.1) is 0 Å². The highest BCUT2D eigenvalue weighted by molar-refractivity contribution is 5.88. The molecule has 0 fully saturated rings. The van der Waals surface area contributed by atoms with Gasteiger partial charge in [-0.1, -0.05) is 0 Å². The van der Waals surface area contributed by atoms with E-state index in [4.69, 9.17) is 4.42 Å². The van der Waals surface area contributed by atoms with Crippen molar-refractivity contribution in [1.82, 2.24) is 15.1 Å². The zero-order valence-electron chi connectivity index (χ0n) is 10.8. The molecule has 19 heavy (non-hydrogen) atoms. The number of rotatable bonds is 4. The Balaban J connectivity index is 1.87. The molecule has 3 N–H and O–H groups in total. The highest BCUT2D eigenvalue weighted by Crippen LogP contribution is 2.19. The first-order chi connectivity index (χ1) is 8.97. The topological polar surface area (TPSA) is 92.3 Å². The number of carbonyl (C=O) groups is 1. The number of hydrogen-bond acceptors (Lipinski definition) is 4. The molecule has 0 aromatic carbocycles. The molecular formula is C12H16N4O3. The van der Waals surface area contributed by atoms with Gasteiger partial charge in [0.05, 0.1) is 24.7 Å². The quantitative estimate of drug-likeness (QED) is 0.769. The van der Waals surface area contributed by atoms with Crippen molar-refractivity contribution in [2.75, 3.05) is 11.9 Å². The Hall–Kier alpha value is -2.28. The maximum atomic E-state index is 11.6. The lowest BCUT2D eigenvalue weighted by molar-refractivity contribution is 0.0372. The Labute approximate surface area is 110 Å². The summed E-state index contributed by atoms with van der Waals surface area (Å²) >= 11 is 0. The molecular weight excluding hydrogens is 248 g/mol. The van der Waals surface area contributed by atoms with Crippen molar-refractivity contribution in [2.45, 2.75) is 12.5 Å². The van der Waals surface area contributed by atoms with Crippen LogP contribution in [0.3, 0.4) is 0 Å². The minimum atomic E-state index is -1.25. The second-order valence-corrected chi connectivity index (χ2v) is 4.46. The van der Waals surface area contributed by atoms with E-state index < -0.39 is 11.6 Å². The lowest BCUT2D eigenvalue weighted by atomic mass is 10.0. The molecule has 7 heteroatoms. The number of hydrogen-bond donors (Lipinski definition) is 3. The van der Waals surface area contributed by atoms with Crippen molar-refractivity contribution in [3.8, 4) is 0 Å². The first kappa shape index (κ1) is 13.2. The Bertz CT molecular complexity index is 545. The molecule has 0 bridgehead atoms. The molecule has 0 saturated carbocycles. The van der Waals surface area contributed by atoms with Gasteiger partial charge in [-0.25, -0.2) is 4.79 Å². The van der Waals surface area contributed by atoms with Crippen LogP contribution in [-0.4, -0.2) is 27.5 Å². The van der Waals surface area contributed by atoms with E-state index in [9.17, 15) is 9.90 Å². The third kappa shape index (κ3) is 3.35. The summed E-state index contributed by atoms with van der Waals surface area (Å²) in [5.41, 5.74) is -0.673. The maximum absolute atomic E-state index is 11.6. The van der Waals surface area contributed by atoms with Crippen molar-refractivity contribution < 1.29 is 14.3 Å². The zero-order valence-corrected chi connectivity index (χ0v) is 10.8. The van der Waals surface area contributed by atoms with Gasteiger partial charge < -0.3 is 20.2 Å². The molecule has 2 amide bonds. The molecule has 0 saturated heterocycles. The SMILES string of the molecule is Cn1cc(NC(=O)NCC(C)(O)c2ccco2)cn1. The molecule has 1 unspecified atom stereocenters. The van der Waals surface area contributed by atoms with E-state index in [1.165, 1.54) is 12.5 Å². The fourth-order valence-electron chi connectivity index (χ4n) is 1.59. The molecule has 2 aromatic heterocycles. The summed E-state index contributed by atoms with van der Waals surface area (Å²) in [5.74, 6) is 0.397. The van der Waals surface area contributed by atoms with E-state index in [2.05, 4.69) is 15.7 Å². The molecule has 2 aromatic rings. The van der Waals surface area contributed by atoms with Crippen LogP contribution in [-0.2, 0) is 12.6 Å². The second-order valence-electron chi connectivity index (χ2n) is 4.46. The third-order valence-corrected chi connectivity index (χ3v) is 2.61. The normalized spacial score (nSPS) is 13.8. The van der Waals surface area contributed by atoms with E-state index in [1.807, 2.05) is 0 Å². The van der Waals surface area contributed by atoms with Gasteiger partial charge in [-0.05, 0) is 19.1 Å². The van der Waals surface area contributed by atoms with E-state index in [0.29, 0.717) is 11.4 Å². The van der Waals surface area contributed by atoms with Gasteiger partial charge >= 0.3 is 6.03 Å². The average molecular weight is 264 g/mol. The number of urea groups is 1. The molecule has 2 rings (SSSR count). The van der Waals surface area contributed by atoms with E-state index in [1.54, 1.807) is 37.0 Å². The number of carbonyl (C=O) groups excluding carboxylic acids is 1. The molecule has 0 aliphatic rings. The van der Waals surface area contributed by atoms with E-state index in [-0.39, 0.29) is 6.54 Å². The number of nitrogens with zero attached hydrogens (tertiary/aromatic N) is 2. The first-order valence-electron chi connectivity index (χ1n) is 5.77. The largest absolute Gasteiger partial charge is 0.466 e. The molecule has 0 spiro atoms. The highest BCUT2D eigenvalue weighted by Gasteiger charge is 2.26. The minimum absolute atomic E-state index is 0.0343. The summed E-state index contributed by atoms with van der Waals surface area (Å²) in [4.78, 5) is 11.6. The highest BCUT2D eigenvalue weighted by atomic mass is 16.4. The van der Waals surface area contributed by atoms with Gasteiger partial charge in [-0.3, -0.25) is 4.68 Å². The smallest absolute Gasteiger partial charge is 0.319 e. The van der Waals surface area contributed by atoms with E-state index in [0.717, 1.165) is 0 Å². The van der Waals surface area contributed by atoms with Gasteiger partial charge in [0.2, 0.25) is 0 Å². The average Bonchev–Trinajstić information content (AvgIpc) is 2.98. The standard InChI is InChI=1S/C12H16N4O3/c1-12(18,10-4-3-5-19-10)8-13-11(17)15-9-6-14-16(2)7-9/h3-7,18H,8H2,1-2H3,(H2,13,15,17). The van der Waals surface area contributed by atoms with Crippen LogP contribution in [0.2, 0.25) is 0 Å². The van der Waals surface area contributed by atoms with Crippen molar-refractivity contribution in [1.29, 1.82) is 0 Å². The molecule has 102 valence electrons. The van der Waals surface area contributed by atoms with Gasteiger partial charge in [-0.15, -0.1) is 0 Å². The van der Waals surface area contributed by atoms with Crippen LogP contribution in [0.4, 0.5) is 10.5 Å². The summed E-state index contributed by atoms with van der Waals surface area (Å²) in [6, 6.07) is 2.92. The Morgan fingerprint density at radius 3 is 3.00 bits per heavy atom. The zero-order chi connectivity index (χ0) is 13.9. The number of anilines is 1. The third-order valence-electron chi connectivity index (χ3n) is 2.61. The number of aryl methyl sites for hydroxylation is 1. The molecule has 7 nitrogen and oxygen atoms in total. The van der Waals surface area contributed by atoms with Gasteiger partial charge in [-0.2, -0.15) is 5.10 Å². The Morgan fingerprint density at radius 2 is 2.42 bits per heavy atom. The minimum Gasteiger partial charge on any atom is -0.466 e. The predicted molar refractivity (Wildman–Crippen MR) is 68.5 cm³/mol. The lowest BCUT2D eigenvalue weighted by Crippen LogP contribution is -2.40. The molecule has 0 aliphatic carbocycles. The lowest BCUT2D eigenvalue weighted by Gasteiger charge is -2.21. The van der Waals surface area contributed by atoms with Gasteiger partial charge in [0.15, 0.2) is 0 Å². The number of amides is 2. The fraction of sp³-hybridized carbons (Fsp3) is 0.333. The van der Waals surface area contributed by atoms with Crippen molar-refractivity contribution in [2.24, 2.45) is 7.05 Å². The summed E-state index contributed by atoms with van der Waals surface area (Å²) in [6.07, 6.45) is 4.67. The van der Waals surface area contributed by atoms with Crippen molar-refractivity contribution in [3.63, 3.8) is 0 Å². The summed E-state index contributed by atoms with van der Waals surface area (Å²) < 4.78 is 6.70. The second kappa shape index (κ2) is 5.15. The summed E-state index contributed by atoms with van der Waals surface area (Å²) in [7, 11) is 1.75. The number of aliphatic hydroxyl groups is 1. The predicted octanol–water partition coefficient (Wildman–Crippen LogP) is 1.04. The molecule has 0 aliphatic heterocycles. The molecule has 1 atom stereocenters. The van der Waals surface area contributed by atoms with Crippen LogP contribution in [0.15, 0.2) is 35.2 Å². The molecule has 0 radical (unpaired) electrons. The number of aromatic nitrogens is 2. The van der Waals surface area contributed by atoms with Gasteiger partial charge in [0.1, 0.15) is 11.4 Å². The Morgan fingerprint density at radius 1 is 1.63 bits per heavy atom. The summed E-state index contributed by atoms with van der Waals surface area (Å²) in [6.45, 7) is 1.60. The van der Waals surface area contributed by atoms with Crippen LogP contribution in [0.25, 0.3) is 0 Å². The number of furan rings is 1. The summed E-state index contributed by atoms with van der Waals surface area (Å²) in [5, 5.41) is 19.2. The van der Waals surface area contributed by atoms with Gasteiger partial charge in [0, 0.05) is 13.2 Å². The van der Waals surface area contributed by atoms with Crippen LogP contribution < -0.4 is 10.6 Å². The van der Waals surface area contributed by atoms with Crippen LogP contribution in [0.1, 0.15) is 12.7 Å². The van der Waals surface area contributed by atoms with Gasteiger partial charge in [0.25, 0.3) is 0 Å². The first-order valence-corrected chi connectivity index (χ1v) is 5.77. The maximum Gasteiger partial charge on any atom is 0.319 e. The monoisotopic (exact) mass is 264 g/mol. The fourth-order valence-corrected chi connectivity index (χ4v) is 1.59. The number of nitrogens with one attached hydrogen (secondary N) is 2. The molecule has 2 heterocycles. The van der Waals surface area contributed by atoms with E-state index >= 15 is 0 Å². The van der Waals surface area contributed by atoms with Crippen molar-refractivity contribution in [3.05, 3.63) is 36.5 Å².